The zero-order valence-corrected chi connectivity index (χ0v) is 11.7. The number of likely N-dealkylation sites (tertiary alicyclic amines) is 1. The van der Waals surface area contributed by atoms with Crippen molar-refractivity contribution in [3.8, 4) is 11.1 Å². The number of carboxylic acids is 1. The predicted molar refractivity (Wildman–Crippen MR) is 81.0 cm³/mol. The second kappa shape index (κ2) is 4.71. The second-order valence-corrected chi connectivity index (χ2v) is 5.90. The number of rotatable bonds is 2. The molecule has 1 aliphatic heterocycles. The largest absolute Gasteiger partial charge is 0.481 e. The molecule has 3 nitrogen and oxygen atoms in total. The minimum absolute atomic E-state index is 0.210. The molecule has 4 rings (SSSR count). The molecule has 1 fully saturated rings. The van der Waals surface area contributed by atoms with Crippen LogP contribution in [0.15, 0.2) is 48.5 Å². The Labute approximate surface area is 123 Å². The molecule has 21 heavy (non-hydrogen) atoms. The SMILES string of the molecule is O=C(O)C1CCN(C2c3ccccc3-c3ccccc32)C1. The summed E-state index contributed by atoms with van der Waals surface area (Å²) >= 11 is 0. The van der Waals surface area contributed by atoms with E-state index in [9.17, 15) is 9.90 Å². The molecule has 2 aliphatic rings. The monoisotopic (exact) mass is 279 g/mol. The molecular weight excluding hydrogens is 262 g/mol. The average Bonchev–Trinajstić information content (AvgIpc) is 3.09. The number of carboxylic acid groups (broad SMARTS) is 1. The van der Waals surface area contributed by atoms with E-state index in [0.717, 1.165) is 13.0 Å². The zero-order chi connectivity index (χ0) is 14.4. The van der Waals surface area contributed by atoms with Crippen molar-refractivity contribution in [2.45, 2.75) is 12.5 Å². The average molecular weight is 279 g/mol. The minimum atomic E-state index is -0.669. The molecule has 0 bridgehead atoms. The van der Waals surface area contributed by atoms with Gasteiger partial charge in [0, 0.05) is 6.54 Å². The molecule has 0 saturated carbocycles. The molecule has 1 atom stereocenters. The van der Waals surface area contributed by atoms with Gasteiger partial charge in [-0.25, -0.2) is 0 Å². The summed E-state index contributed by atoms with van der Waals surface area (Å²) in [6.45, 7) is 1.49. The van der Waals surface area contributed by atoms with Gasteiger partial charge in [-0.15, -0.1) is 0 Å². The van der Waals surface area contributed by atoms with Crippen molar-refractivity contribution in [2.24, 2.45) is 5.92 Å². The van der Waals surface area contributed by atoms with Crippen molar-refractivity contribution < 1.29 is 9.90 Å². The Morgan fingerprint density at radius 2 is 1.57 bits per heavy atom. The van der Waals surface area contributed by atoms with E-state index in [-0.39, 0.29) is 12.0 Å². The lowest BCUT2D eigenvalue weighted by Crippen LogP contribution is -2.27. The van der Waals surface area contributed by atoms with E-state index in [2.05, 4.69) is 53.4 Å². The van der Waals surface area contributed by atoms with Crippen LogP contribution in [-0.4, -0.2) is 29.1 Å². The Morgan fingerprint density at radius 3 is 2.10 bits per heavy atom. The van der Waals surface area contributed by atoms with E-state index < -0.39 is 5.97 Å². The number of hydrogen-bond acceptors (Lipinski definition) is 2. The van der Waals surface area contributed by atoms with E-state index in [4.69, 9.17) is 0 Å². The second-order valence-electron chi connectivity index (χ2n) is 5.90. The van der Waals surface area contributed by atoms with Crippen LogP contribution in [0.1, 0.15) is 23.6 Å². The summed E-state index contributed by atoms with van der Waals surface area (Å²) in [4.78, 5) is 13.5. The summed E-state index contributed by atoms with van der Waals surface area (Å²) in [6.07, 6.45) is 0.746. The highest BCUT2D eigenvalue weighted by atomic mass is 16.4. The molecule has 0 spiro atoms. The van der Waals surface area contributed by atoms with Crippen LogP contribution in [-0.2, 0) is 4.79 Å². The number of aliphatic carboxylic acids is 1. The summed E-state index contributed by atoms with van der Waals surface area (Å²) < 4.78 is 0. The fourth-order valence-electron chi connectivity index (χ4n) is 3.75. The van der Waals surface area contributed by atoms with Gasteiger partial charge in [-0.3, -0.25) is 9.69 Å². The van der Waals surface area contributed by atoms with Crippen molar-refractivity contribution in [1.29, 1.82) is 0 Å². The van der Waals surface area contributed by atoms with Crippen molar-refractivity contribution in [1.82, 2.24) is 4.90 Å². The highest BCUT2D eigenvalue weighted by Crippen LogP contribution is 2.47. The van der Waals surface area contributed by atoms with E-state index in [0.29, 0.717) is 6.54 Å². The van der Waals surface area contributed by atoms with Crippen LogP contribution in [0.25, 0.3) is 11.1 Å². The summed E-state index contributed by atoms with van der Waals surface area (Å²) in [7, 11) is 0. The predicted octanol–water partition coefficient (Wildman–Crippen LogP) is 3.16. The van der Waals surface area contributed by atoms with Crippen LogP contribution in [0.2, 0.25) is 0 Å². The maximum absolute atomic E-state index is 11.2. The third-order valence-corrected chi connectivity index (χ3v) is 4.73. The fourth-order valence-corrected chi connectivity index (χ4v) is 3.75. The Kier molecular flexibility index (Phi) is 2.82. The lowest BCUT2D eigenvalue weighted by Gasteiger charge is -2.25. The summed E-state index contributed by atoms with van der Waals surface area (Å²) in [5.41, 5.74) is 5.20. The fraction of sp³-hybridized carbons (Fsp3) is 0.278. The van der Waals surface area contributed by atoms with Crippen molar-refractivity contribution in [3.63, 3.8) is 0 Å². The summed E-state index contributed by atoms with van der Waals surface area (Å²) in [5.74, 6) is -0.901. The van der Waals surface area contributed by atoms with Gasteiger partial charge in [-0.1, -0.05) is 48.5 Å². The van der Waals surface area contributed by atoms with Crippen LogP contribution in [0.4, 0.5) is 0 Å². The molecule has 3 heteroatoms. The molecule has 1 unspecified atom stereocenters. The number of benzene rings is 2. The molecule has 0 radical (unpaired) electrons. The van der Waals surface area contributed by atoms with Gasteiger partial charge in [0.1, 0.15) is 0 Å². The number of fused-ring (bicyclic) bond motifs is 3. The Bertz CT molecular complexity index is 664. The Balaban J connectivity index is 1.77. The van der Waals surface area contributed by atoms with Crippen LogP contribution in [0, 0.1) is 5.92 Å². The maximum atomic E-state index is 11.2. The highest BCUT2D eigenvalue weighted by molar-refractivity contribution is 5.78. The molecular formula is C18H17NO2. The first-order valence-electron chi connectivity index (χ1n) is 7.41. The third kappa shape index (κ3) is 1.88. The minimum Gasteiger partial charge on any atom is -0.481 e. The van der Waals surface area contributed by atoms with E-state index in [1.807, 2.05) is 0 Å². The number of carbonyl (C=O) groups is 1. The van der Waals surface area contributed by atoms with E-state index in [1.165, 1.54) is 22.3 Å². The van der Waals surface area contributed by atoms with Crippen LogP contribution < -0.4 is 0 Å². The van der Waals surface area contributed by atoms with Crippen molar-refractivity contribution in [2.75, 3.05) is 13.1 Å². The standard InChI is InChI=1S/C18H17NO2/c20-18(21)12-9-10-19(11-12)17-15-7-3-1-5-13(15)14-6-2-4-8-16(14)17/h1-8,12,17H,9-11H2,(H,20,21). The topological polar surface area (TPSA) is 40.5 Å². The van der Waals surface area contributed by atoms with Gasteiger partial charge < -0.3 is 5.11 Å². The molecule has 1 saturated heterocycles. The molecule has 0 amide bonds. The van der Waals surface area contributed by atoms with Gasteiger partial charge in [-0.05, 0) is 35.2 Å². The highest BCUT2D eigenvalue weighted by Gasteiger charge is 2.38. The number of hydrogen-bond donors (Lipinski definition) is 1. The van der Waals surface area contributed by atoms with Crippen LogP contribution >= 0.6 is 0 Å². The first-order valence-corrected chi connectivity index (χ1v) is 7.41. The lowest BCUT2D eigenvalue weighted by atomic mass is 10.0. The lowest BCUT2D eigenvalue weighted by molar-refractivity contribution is -0.141. The first-order chi connectivity index (χ1) is 10.3. The van der Waals surface area contributed by atoms with E-state index >= 15 is 0 Å². The summed E-state index contributed by atoms with van der Waals surface area (Å²) in [6, 6.07) is 17.2. The van der Waals surface area contributed by atoms with Gasteiger partial charge >= 0.3 is 5.97 Å². The Hall–Kier alpha value is -2.13. The molecule has 0 aromatic heterocycles. The quantitative estimate of drug-likeness (QED) is 0.918. The molecule has 1 aliphatic carbocycles. The number of nitrogens with zero attached hydrogens (tertiary/aromatic N) is 1. The molecule has 2 aromatic carbocycles. The van der Waals surface area contributed by atoms with Crippen molar-refractivity contribution >= 4 is 5.97 Å². The third-order valence-electron chi connectivity index (χ3n) is 4.73. The van der Waals surface area contributed by atoms with Gasteiger partial charge in [0.25, 0.3) is 0 Å². The van der Waals surface area contributed by atoms with Crippen LogP contribution in [0.5, 0.6) is 0 Å². The maximum Gasteiger partial charge on any atom is 0.307 e. The van der Waals surface area contributed by atoms with Gasteiger partial charge in [-0.2, -0.15) is 0 Å². The van der Waals surface area contributed by atoms with Gasteiger partial charge in [0.05, 0.1) is 12.0 Å². The summed E-state index contributed by atoms with van der Waals surface area (Å²) in [5, 5.41) is 9.24. The zero-order valence-electron chi connectivity index (χ0n) is 11.7. The van der Waals surface area contributed by atoms with Crippen LogP contribution in [0.3, 0.4) is 0 Å². The molecule has 1 N–H and O–H groups in total. The van der Waals surface area contributed by atoms with Gasteiger partial charge in [0.15, 0.2) is 0 Å². The normalized spacial score (nSPS) is 21.2. The smallest absolute Gasteiger partial charge is 0.307 e. The Morgan fingerprint density at radius 1 is 1.00 bits per heavy atom. The van der Waals surface area contributed by atoms with Gasteiger partial charge in [0.2, 0.25) is 0 Å². The molecule has 2 aromatic rings. The molecule has 1 heterocycles. The van der Waals surface area contributed by atoms with E-state index in [1.54, 1.807) is 0 Å². The first kappa shape index (κ1) is 12.6. The van der Waals surface area contributed by atoms with Crippen molar-refractivity contribution in [3.05, 3.63) is 59.7 Å². The molecule has 106 valence electrons.